The van der Waals surface area contributed by atoms with Crippen LogP contribution in [-0.2, 0) is 43.2 Å². The molecule has 0 unspecified atom stereocenters. The zero-order valence-corrected chi connectivity index (χ0v) is 34.2. The van der Waals surface area contributed by atoms with Crippen molar-refractivity contribution in [1.82, 2.24) is 42.5 Å². The third kappa shape index (κ3) is 21.9. The highest BCUT2D eigenvalue weighted by Crippen LogP contribution is 2.10. The second kappa shape index (κ2) is 28.2. The Balaban J connectivity index is 5.88. The minimum atomic E-state index is -1.51. The normalized spacial score (nSPS) is 14.0. The third-order valence-electron chi connectivity index (χ3n) is 8.37. The molecular formula is C34H62N12O11S. The van der Waals surface area contributed by atoms with Gasteiger partial charge in [-0.15, -0.1) is 0 Å². The quantitative estimate of drug-likeness (QED) is 0.0146. The number of hydrogen-bond acceptors (Lipinski definition) is 13. The highest BCUT2D eigenvalue weighted by Gasteiger charge is 2.35. The largest absolute Gasteiger partial charge is 0.481 e. The molecule has 23 nitrogen and oxygen atoms in total. The van der Waals surface area contributed by atoms with Gasteiger partial charge >= 0.3 is 11.9 Å². The molecule has 17 N–H and O–H groups in total. The zero-order chi connectivity index (χ0) is 44.5. The molecule has 0 aromatic carbocycles. The molecule has 0 aliphatic rings. The summed E-state index contributed by atoms with van der Waals surface area (Å²) in [6.07, 6.45) is 0.751. The van der Waals surface area contributed by atoms with Gasteiger partial charge in [-0.2, -0.15) is 12.6 Å². The Morgan fingerprint density at radius 2 is 1.12 bits per heavy atom. The smallest absolute Gasteiger partial charge is 0.322 e. The van der Waals surface area contributed by atoms with Crippen LogP contribution >= 0.6 is 12.6 Å². The third-order valence-corrected chi connectivity index (χ3v) is 8.73. The van der Waals surface area contributed by atoms with Gasteiger partial charge < -0.3 is 69.9 Å². The first-order valence-electron chi connectivity index (χ1n) is 18.8. The van der Waals surface area contributed by atoms with E-state index in [1.165, 1.54) is 0 Å². The summed E-state index contributed by atoms with van der Waals surface area (Å²) in [4.78, 5) is 114. The number of nitrogens with two attached hydrogens (primary N) is 3. The van der Waals surface area contributed by atoms with Gasteiger partial charge in [0.2, 0.25) is 41.4 Å². The van der Waals surface area contributed by atoms with Gasteiger partial charge in [0.1, 0.15) is 36.8 Å². The lowest BCUT2D eigenvalue weighted by atomic mass is 9.98. The van der Waals surface area contributed by atoms with Crippen LogP contribution in [0.3, 0.4) is 0 Å². The number of amides is 7. The van der Waals surface area contributed by atoms with Crippen molar-refractivity contribution in [1.29, 1.82) is 5.41 Å². The lowest BCUT2D eigenvalue weighted by Crippen LogP contribution is -2.61. The Hall–Kier alpha value is -5.23. The van der Waals surface area contributed by atoms with Crippen molar-refractivity contribution < 1.29 is 53.4 Å². The Labute approximate surface area is 342 Å². The predicted octanol–water partition coefficient (Wildman–Crippen LogP) is -4.45. The fourth-order valence-corrected chi connectivity index (χ4v) is 5.36. The van der Waals surface area contributed by atoms with Crippen molar-refractivity contribution >= 4 is 71.9 Å². The van der Waals surface area contributed by atoms with E-state index in [9.17, 15) is 48.3 Å². The molecule has 0 saturated heterocycles. The van der Waals surface area contributed by atoms with Crippen LogP contribution in [0.25, 0.3) is 0 Å². The molecule has 0 rings (SSSR count). The van der Waals surface area contributed by atoms with E-state index in [1.807, 2.05) is 0 Å². The summed E-state index contributed by atoms with van der Waals surface area (Å²) in [7, 11) is 0. The van der Waals surface area contributed by atoms with Crippen molar-refractivity contribution in [3.05, 3.63) is 0 Å². The van der Waals surface area contributed by atoms with Gasteiger partial charge in [-0.05, 0) is 56.9 Å². The molecule has 0 aliphatic heterocycles. The van der Waals surface area contributed by atoms with Crippen molar-refractivity contribution in [2.75, 3.05) is 31.9 Å². The maximum Gasteiger partial charge on any atom is 0.322 e. The Morgan fingerprint density at radius 1 is 0.603 bits per heavy atom. The standard InChI is InChI=1S/C34H62N12O11S/c1-17(2)26(32(56)43-21(10-11-24(48)49)30(54)44-22(16-58)29(53)41-15-25(50)51)46-33(57)27(18(3)4)45-31(55)20(9-5-6-12-35)42-23(47)14-40-28(52)19(36)8-7-13-39-34(37)38/h17-22,26-27,58H,5-16,35-36H2,1-4H3,(H,40,52)(H,41,53)(H,42,47)(H,43,56)(H,44,54)(H,45,55)(H,46,57)(H,48,49)(H,50,51)(H4,37,38,39)/t19-,20-,21-,22-,26-,27-/m0/s1. The highest BCUT2D eigenvalue weighted by molar-refractivity contribution is 7.80. The van der Waals surface area contributed by atoms with Gasteiger partial charge in [-0.3, -0.25) is 48.6 Å². The van der Waals surface area contributed by atoms with Gasteiger partial charge in [0, 0.05) is 18.7 Å². The van der Waals surface area contributed by atoms with Gasteiger partial charge in [-0.1, -0.05) is 27.7 Å². The molecule has 0 bridgehead atoms. The first-order valence-corrected chi connectivity index (χ1v) is 19.4. The number of carbonyl (C=O) groups is 9. The van der Waals surface area contributed by atoms with Crippen LogP contribution in [0.15, 0.2) is 0 Å². The number of carboxylic acid groups (broad SMARTS) is 2. The average molecular weight is 847 g/mol. The number of guanidine groups is 1. The van der Waals surface area contributed by atoms with E-state index in [1.54, 1.807) is 27.7 Å². The molecule has 7 amide bonds. The van der Waals surface area contributed by atoms with Crippen molar-refractivity contribution in [2.45, 2.75) is 109 Å². The van der Waals surface area contributed by atoms with Crippen LogP contribution in [0.4, 0.5) is 0 Å². The molecule has 0 radical (unpaired) electrons. The fourth-order valence-electron chi connectivity index (χ4n) is 5.10. The van der Waals surface area contributed by atoms with Crippen LogP contribution in [0, 0.1) is 17.2 Å². The number of carboxylic acids is 2. The summed E-state index contributed by atoms with van der Waals surface area (Å²) in [5.41, 5.74) is 16.7. The summed E-state index contributed by atoms with van der Waals surface area (Å²) in [5.74, 6) is -9.87. The molecule has 0 aliphatic carbocycles. The number of rotatable bonds is 29. The second-order valence-corrected chi connectivity index (χ2v) is 14.4. The lowest BCUT2D eigenvalue weighted by molar-refractivity contribution is -0.139. The fraction of sp³-hybridized carbons (Fsp3) is 0.706. The first-order chi connectivity index (χ1) is 27.1. The second-order valence-electron chi connectivity index (χ2n) is 14.0. The topological polar surface area (TPSA) is 392 Å². The predicted molar refractivity (Wildman–Crippen MR) is 214 cm³/mol. The molecule has 0 heterocycles. The summed E-state index contributed by atoms with van der Waals surface area (Å²) >= 11 is 4.01. The molecule has 0 saturated carbocycles. The van der Waals surface area contributed by atoms with Gasteiger partial charge in [0.15, 0.2) is 5.96 Å². The van der Waals surface area contributed by atoms with Crippen molar-refractivity contribution in [2.24, 2.45) is 29.0 Å². The highest BCUT2D eigenvalue weighted by atomic mass is 32.1. The number of carbonyl (C=O) groups excluding carboxylic acids is 7. The molecule has 24 heteroatoms. The van der Waals surface area contributed by atoms with Gasteiger partial charge in [0.25, 0.3) is 0 Å². The monoisotopic (exact) mass is 846 g/mol. The Kier molecular flexibility index (Phi) is 25.7. The van der Waals surface area contributed by atoms with E-state index in [0.29, 0.717) is 32.4 Å². The molecule has 0 spiro atoms. The van der Waals surface area contributed by atoms with Crippen LogP contribution < -0.4 is 59.7 Å². The van der Waals surface area contributed by atoms with Crippen LogP contribution in [0.1, 0.15) is 72.6 Å². The Morgan fingerprint density at radius 3 is 1.64 bits per heavy atom. The lowest BCUT2D eigenvalue weighted by Gasteiger charge is -2.29. The maximum atomic E-state index is 13.7. The van der Waals surface area contributed by atoms with Gasteiger partial charge in [-0.25, -0.2) is 0 Å². The molecule has 0 aromatic rings. The van der Waals surface area contributed by atoms with E-state index in [2.05, 4.69) is 55.2 Å². The first kappa shape index (κ1) is 52.8. The van der Waals surface area contributed by atoms with Crippen LogP contribution in [0.5, 0.6) is 0 Å². The SMILES string of the molecule is CC(C)[C@H](NC(=O)[C@H](CCCCN)NC(=O)CNC(=O)[C@@H](N)CCCNC(=N)N)C(=O)N[C@H](C(=O)N[C@@H](CCC(=O)O)C(=O)N[C@@H](CS)C(=O)NCC(=O)O)C(C)C. The number of hydrogen-bond donors (Lipinski definition) is 15. The summed E-state index contributed by atoms with van der Waals surface area (Å²) in [6.45, 7) is 5.82. The van der Waals surface area contributed by atoms with E-state index in [0.717, 1.165) is 0 Å². The number of aliphatic carboxylic acids is 2. The summed E-state index contributed by atoms with van der Waals surface area (Å²) < 4.78 is 0. The van der Waals surface area contributed by atoms with E-state index in [-0.39, 0.29) is 24.6 Å². The minimum absolute atomic E-state index is 0.129. The average Bonchev–Trinajstić information content (AvgIpc) is 3.14. The Bertz CT molecular complexity index is 1440. The number of unbranched alkanes of at least 4 members (excludes halogenated alkanes) is 1. The van der Waals surface area contributed by atoms with Crippen molar-refractivity contribution in [3.8, 4) is 0 Å². The number of nitrogens with one attached hydrogen (secondary N) is 9. The summed E-state index contributed by atoms with van der Waals surface area (Å²) in [5, 5.41) is 44.8. The van der Waals surface area contributed by atoms with E-state index in [4.69, 9.17) is 27.7 Å². The number of thiol groups is 1. The molecular weight excluding hydrogens is 785 g/mol. The molecule has 330 valence electrons. The van der Waals surface area contributed by atoms with Crippen LogP contribution in [0.2, 0.25) is 0 Å². The summed E-state index contributed by atoms with van der Waals surface area (Å²) in [6, 6.07) is -7.50. The van der Waals surface area contributed by atoms with Gasteiger partial charge in [0.05, 0.1) is 12.6 Å². The zero-order valence-electron chi connectivity index (χ0n) is 33.4. The molecule has 0 aromatic heterocycles. The molecule has 58 heavy (non-hydrogen) atoms. The van der Waals surface area contributed by atoms with E-state index >= 15 is 0 Å². The van der Waals surface area contributed by atoms with Crippen molar-refractivity contribution in [3.63, 3.8) is 0 Å². The maximum absolute atomic E-state index is 13.7. The molecule has 0 fully saturated rings. The molecule has 6 atom stereocenters. The van der Waals surface area contributed by atoms with Crippen LogP contribution in [-0.4, -0.2) is 138 Å². The van der Waals surface area contributed by atoms with E-state index < -0.39 is 127 Å². The minimum Gasteiger partial charge on any atom is -0.481 e.